The number of H-pyrrole nitrogens is 1. The molecule has 1 aliphatic carbocycles. The Kier molecular flexibility index (Phi) is 5.39. The predicted molar refractivity (Wildman–Crippen MR) is 110 cm³/mol. The largest absolute Gasteiger partial charge is 0.446 e. The molecule has 0 saturated heterocycles. The maximum Gasteiger partial charge on any atom is 0.407 e. The van der Waals surface area contributed by atoms with Crippen LogP contribution in [0.2, 0.25) is 0 Å². The lowest BCUT2D eigenvalue weighted by Gasteiger charge is -2.14. The summed E-state index contributed by atoms with van der Waals surface area (Å²) in [5, 5.41) is 17.6. The van der Waals surface area contributed by atoms with Crippen LogP contribution >= 0.6 is 0 Å². The summed E-state index contributed by atoms with van der Waals surface area (Å²) in [6.45, 7) is 5.28. The van der Waals surface area contributed by atoms with Gasteiger partial charge in [-0.15, -0.1) is 0 Å². The summed E-state index contributed by atoms with van der Waals surface area (Å²) in [6, 6.07) is 3.69. The predicted octanol–water partition coefficient (Wildman–Crippen LogP) is 3.17. The van der Waals surface area contributed by atoms with Gasteiger partial charge in [0.1, 0.15) is 17.3 Å². The highest BCUT2D eigenvalue weighted by Gasteiger charge is 2.30. The minimum Gasteiger partial charge on any atom is -0.446 e. The molecule has 3 aromatic rings. The van der Waals surface area contributed by atoms with Gasteiger partial charge >= 0.3 is 6.09 Å². The zero-order valence-corrected chi connectivity index (χ0v) is 17.2. The molecule has 3 heterocycles. The first-order valence-electron chi connectivity index (χ1n) is 10.0. The van der Waals surface area contributed by atoms with Crippen molar-refractivity contribution in [1.82, 2.24) is 30.1 Å². The van der Waals surface area contributed by atoms with Crippen molar-refractivity contribution < 1.29 is 14.3 Å². The van der Waals surface area contributed by atoms with Crippen molar-refractivity contribution in [1.29, 1.82) is 0 Å². The lowest BCUT2D eigenvalue weighted by molar-refractivity contribution is 0.0979. The molecule has 1 aliphatic rings. The molecule has 30 heavy (non-hydrogen) atoms. The second kappa shape index (κ2) is 8.13. The number of anilines is 2. The minimum absolute atomic E-state index is 0.0521. The molecular formula is C20H25N7O3. The van der Waals surface area contributed by atoms with E-state index in [1.54, 1.807) is 23.0 Å². The first-order valence-corrected chi connectivity index (χ1v) is 10.0. The highest BCUT2D eigenvalue weighted by molar-refractivity contribution is 5.94. The number of alkyl carbamates (subject to hydrolysis) is 1. The van der Waals surface area contributed by atoms with Crippen LogP contribution in [0.5, 0.6) is 0 Å². The molecule has 158 valence electrons. The Morgan fingerprint density at radius 2 is 2.13 bits per heavy atom. The van der Waals surface area contributed by atoms with Crippen molar-refractivity contribution in [3.8, 4) is 0 Å². The molecule has 0 spiro atoms. The first-order chi connectivity index (χ1) is 14.4. The standard InChI is InChI=1S/C20H25N7O3/c1-11(2)22-20(29)30-14-5-4-13(8-14)16-10-18(25-24-16)23-19-17-9-15(12(3)28)26-27(17)7-6-21-19/h6-7,9-11,13-14H,4-5,8H2,1-3H3,(H,22,29)(H2,21,23,24,25)/t13-,14+/m0/s1. The Morgan fingerprint density at radius 1 is 1.30 bits per heavy atom. The van der Waals surface area contributed by atoms with Gasteiger partial charge in [0.2, 0.25) is 0 Å². The number of ether oxygens (including phenoxy) is 1. The van der Waals surface area contributed by atoms with Gasteiger partial charge in [0.05, 0.1) is 0 Å². The Bertz CT molecular complexity index is 1070. The number of rotatable bonds is 6. The van der Waals surface area contributed by atoms with Crippen LogP contribution < -0.4 is 10.6 Å². The van der Waals surface area contributed by atoms with Crippen LogP contribution in [0.4, 0.5) is 16.4 Å². The monoisotopic (exact) mass is 411 g/mol. The molecule has 1 amide bonds. The van der Waals surface area contributed by atoms with Crippen molar-refractivity contribution in [2.75, 3.05) is 5.32 Å². The van der Waals surface area contributed by atoms with Crippen molar-refractivity contribution in [3.05, 3.63) is 35.9 Å². The van der Waals surface area contributed by atoms with Crippen LogP contribution in [0.1, 0.15) is 62.1 Å². The average Bonchev–Trinajstić information content (AvgIpc) is 3.39. The Morgan fingerprint density at radius 3 is 2.90 bits per heavy atom. The number of hydrogen-bond acceptors (Lipinski definition) is 7. The van der Waals surface area contributed by atoms with Gasteiger partial charge in [-0.2, -0.15) is 10.2 Å². The number of nitrogens with one attached hydrogen (secondary N) is 3. The molecule has 0 aliphatic heterocycles. The van der Waals surface area contributed by atoms with Crippen molar-refractivity contribution in [2.45, 2.75) is 58.1 Å². The fourth-order valence-corrected chi connectivity index (χ4v) is 3.67. The van der Waals surface area contributed by atoms with Crippen LogP contribution in [-0.2, 0) is 4.74 Å². The van der Waals surface area contributed by atoms with E-state index in [0.717, 1.165) is 25.0 Å². The van der Waals surface area contributed by atoms with E-state index in [4.69, 9.17) is 4.74 Å². The van der Waals surface area contributed by atoms with E-state index >= 15 is 0 Å². The summed E-state index contributed by atoms with van der Waals surface area (Å²) < 4.78 is 7.11. The Labute approximate surface area is 173 Å². The fourth-order valence-electron chi connectivity index (χ4n) is 3.67. The average molecular weight is 411 g/mol. The molecule has 0 radical (unpaired) electrons. The van der Waals surface area contributed by atoms with Crippen LogP contribution in [0, 0.1) is 0 Å². The molecule has 0 aromatic carbocycles. The third-order valence-corrected chi connectivity index (χ3v) is 5.10. The quantitative estimate of drug-likeness (QED) is 0.532. The zero-order valence-electron chi connectivity index (χ0n) is 17.2. The van der Waals surface area contributed by atoms with Gasteiger partial charge in [0.25, 0.3) is 0 Å². The van der Waals surface area contributed by atoms with Gasteiger partial charge in [-0.1, -0.05) is 0 Å². The number of aromatic amines is 1. The molecule has 3 N–H and O–H groups in total. The normalized spacial score (nSPS) is 18.7. The summed E-state index contributed by atoms with van der Waals surface area (Å²) in [7, 11) is 0. The second-order valence-corrected chi connectivity index (χ2v) is 7.86. The van der Waals surface area contributed by atoms with Crippen molar-refractivity contribution in [2.24, 2.45) is 0 Å². The molecular weight excluding hydrogens is 386 g/mol. The molecule has 0 bridgehead atoms. The van der Waals surface area contributed by atoms with E-state index in [-0.39, 0.29) is 29.9 Å². The molecule has 1 saturated carbocycles. The van der Waals surface area contributed by atoms with E-state index in [2.05, 4.69) is 30.9 Å². The van der Waals surface area contributed by atoms with E-state index < -0.39 is 0 Å². The number of hydrogen-bond donors (Lipinski definition) is 3. The summed E-state index contributed by atoms with van der Waals surface area (Å²) in [4.78, 5) is 27.8. The number of carbonyl (C=O) groups is 2. The zero-order chi connectivity index (χ0) is 21.3. The third-order valence-electron chi connectivity index (χ3n) is 5.10. The molecule has 1 fully saturated rings. The van der Waals surface area contributed by atoms with Gasteiger partial charge in [-0.25, -0.2) is 14.3 Å². The molecule has 4 rings (SSSR count). The highest BCUT2D eigenvalue weighted by atomic mass is 16.6. The summed E-state index contributed by atoms with van der Waals surface area (Å²) >= 11 is 0. The lowest BCUT2D eigenvalue weighted by atomic mass is 10.0. The van der Waals surface area contributed by atoms with E-state index in [1.807, 2.05) is 19.9 Å². The summed E-state index contributed by atoms with van der Waals surface area (Å²) in [5.74, 6) is 1.33. The topological polar surface area (TPSA) is 126 Å². The number of aromatic nitrogens is 5. The van der Waals surface area contributed by atoms with Crippen LogP contribution in [0.25, 0.3) is 5.52 Å². The van der Waals surface area contributed by atoms with Crippen LogP contribution in [-0.4, -0.2) is 48.8 Å². The van der Waals surface area contributed by atoms with Gasteiger partial charge < -0.3 is 15.4 Å². The number of carbonyl (C=O) groups excluding carboxylic acids is 2. The van der Waals surface area contributed by atoms with Crippen LogP contribution in [0.3, 0.4) is 0 Å². The number of nitrogens with zero attached hydrogens (tertiary/aromatic N) is 4. The third kappa shape index (κ3) is 4.27. The molecule has 2 atom stereocenters. The molecule has 10 heteroatoms. The van der Waals surface area contributed by atoms with E-state index in [0.29, 0.717) is 22.8 Å². The van der Waals surface area contributed by atoms with Gasteiger partial charge in [-0.05, 0) is 39.2 Å². The number of Topliss-reactive ketones (excluding diaryl/α,β-unsaturated/α-hetero) is 1. The van der Waals surface area contributed by atoms with Crippen molar-refractivity contribution in [3.63, 3.8) is 0 Å². The van der Waals surface area contributed by atoms with Gasteiger partial charge in [-0.3, -0.25) is 9.89 Å². The summed E-state index contributed by atoms with van der Waals surface area (Å²) in [5.41, 5.74) is 2.06. The number of amides is 1. The maximum atomic E-state index is 11.8. The molecule has 3 aromatic heterocycles. The first kappa shape index (κ1) is 19.9. The van der Waals surface area contributed by atoms with E-state index in [9.17, 15) is 9.59 Å². The Hall–Kier alpha value is -3.43. The number of fused-ring (bicyclic) bond motifs is 1. The fraction of sp³-hybridized carbons (Fsp3) is 0.450. The Balaban J connectivity index is 1.42. The smallest absolute Gasteiger partial charge is 0.407 e. The maximum absolute atomic E-state index is 11.8. The molecule has 0 unspecified atom stereocenters. The van der Waals surface area contributed by atoms with Crippen LogP contribution in [0.15, 0.2) is 24.5 Å². The summed E-state index contributed by atoms with van der Waals surface area (Å²) in [6.07, 6.45) is 5.33. The second-order valence-electron chi connectivity index (χ2n) is 7.86. The van der Waals surface area contributed by atoms with Gasteiger partial charge in [0.15, 0.2) is 17.4 Å². The minimum atomic E-state index is -0.368. The number of ketones is 1. The SMILES string of the molecule is CC(=O)c1cc2c(Nc3cc([C@H]4CC[C@@H](OC(=O)NC(C)C)C4)[nH]n3)nccn2n1. The lowest BCUT2D eigenvalue weighted by Crippen LogP contribution is -2.33. The van der Waals surface area contributed by atoms with Crippen molar-refractivity contribution >= 4 is 29.0 Å². The van der Waals surface area contributed by atoms with E-state index in [1.165, 1.54) is 6.92 Å². The molecule has 10 nitrogen and oxygen atoms in total. The van der Waals surface area contributed by atoms with Gasteiger partial charge in [0, 0.05) is 43.0 Å². The highest BCUT2D eigenvalue weighted by Crippen LogP contribution is 2.36.